The van der Waals surface area contributed by atoms with Gasteiger partial charge in [-0.2, -0.15) is 0 Å². The standard InChI is InChI=1S/C17H11NO3.C2H4O2/c19-14-8-9-15(20)18(14)16-10-7-12-6-5-11-3-1-2-4-13(11)17(12)21-16;1-4-2-3/h1-10,16H;2H,1H3. The third kappa shape index (κ3) is 3.14. The van der Waals surface area contributed by atoms with Crippen LogP contribution in [0.25, 0.3) is 16.8 Å². The maximum atomic E-state index is 11.8. The van der Waals surface area contributed by atoms with Crippen LogP contribution in [0.5, 0.6) is 5.75 Å². The lowest BCUT2D eigenvalue weighted by atomic mass is 10.0. The normalized spacial score (nSPS) is 17.6. The van der Waals surface area contributed by atoms with Gasteiger partial charge < -0.3 is 9.47 Å². The van der Waals surface area contributed by atoms with Crippen LogP contribution in [0, 0.1) is 0 Å². The van der Waals surface area contributed by atoms with Gasteiger partial charge >= 0.3 is 0 Å². The minimum absolute atomic E-state index is 0.349. The fraction of sp³-hybridized carbons (Fsp3) is 0.105. The van der Waals surface area contributed by atoms with Gasteiger partial charge in [0.1, 0.15) is 5.75 Å². The van der Waals surface area contributed by atoms with Crippen LogP contribution >= 0.6 is 0 Å². The third-order valence-corrected chi connectivity index (χ3v) is 3.78. The number of hydrogen-bond donors (Lipinski definition) is 0. The Morgan fingerprint density at radius 3 is 2.40 bits per heavy atom. The number of benzene rings is 2. The van der Waals surface area contributed by atoms with E-state index >= 15 is 0 Å². The largest absolute Gasteiger partial charge is 0.471 e. The first-order valence-electron chi connectivity index (χ1n) is 7.54. The van der Waals surface area contributed by atoms with Crippen molar-refractivity contribution in [1.29, 1.82) is 0 Å². The van der Waals surface area contributed by atoms with Crippen molar-refractivity contribution in [1.82, 2.24) is 4.90 Å². The van der Waals surface area contributed by atoms with Gasteiger partial charge in [-0.3, -0.25) is 14.4 Å². The van der Waals surface area contributed by atoms with Gasteiger partial charge in [0.15, 0.2) is 0 Å². The molecule has 2 aliphatic rings. The van der Waals surface area contributed by atoms with Gasteiger partial charge in [-0.1, -0.05) is 36.4 Å². The highest BCUT2D eigenvalue weighted by atomic mass is 16.5. The van der Waals surface area contributed by atoms with E-state index in [1.807, 2.05) is 42.5 Å². The van der Waals surface area contributed by atoms with Crippen LogP contribution in [-0.4, -0.2) is 36.5 Å². The van der Waals surface area contributed by atoms with E-state index in [-0.39, 0.29) is 11.8 Å². The number of amides is 2. The third-order valence-electron chi connectivity index (χ3n) is 3.78. The summed E-state index contributed by atoms with van der Waals surface area (Å²) < 4.78 is 9.79. The predicted molar refractivity (Wildman–Crippen MR) is 91.5 cm³/mol. The second-order valence-corrected chi connectivity index (χ2v) is 5.28. The zero-order valence-electron chi connectivity index (χ0n) is 13.4. The zero-order chi connectivity index (χ0) is 17.8. The molecule has 2 heterocycles. The van der Waals surface area contributed by atoms with Crippen molar-refractivity contribution < 1.29 is 23.9 Å². The van der Waals surface area contributed by atoms with Crippen LogP contribution in [0.1, 0.15) is 5.56 Å². The Bertz CT molecular complexity index is 882. The van der Waals surface area contributed by atoms with Crippen LogP contribution < -0.4 is 4.74 Å². The molecule has 2 aromatic rings. The molecule has 0 saturated carbocycles. The SMILES string of the molecule is COC=O.O=C1C=CC(=O)N1C1C=Cc2ccc3ccccc3c2O1. The first kappa shape index (κ1) is 16.4. The molecular formula is C19H15NO5. The Balaban J connectivity index is 0.000000415. The van der Waals surface area contributed by atoms with Gasteiger partial charge in [-0.25, -0.2) is 4.90 Å². The molecule has 25 heavy (non-hydrogen) atoms. The summed E-state index contributed by atoms with van der Waals surface area (Å²) in [5.74, 6) is 0.00442. The number of methoxy groups -OCH3 is 1. The molecule has 126 valence electrons. The lowest BCUT2D eigenvalue weighted by molar-refractivity contribution is -0.143. The average molecular weight is 337 g/mol. The Hall–Kier alpha value is -3.41. The van der Waals surface area contributed by atoms with Crippen LogP contribution in [0.15, 0.2) is 54.6 Å². The van der Waals surface area contributed by atoms with E-state index in [0.29, 0.717) is 12.2 Å². The smallest absolute Gasteiger partial charge is 0.292 e. The molecule has 0 aromatic heterocycles. The maximum Gasteiger partial charge on any atom is 0.292 e. The molecule has 0 bridgehead atoms. The molecule has 0 aliphatic carbocycles. The van der Waals surface area contributed by atoms with Crippen molar-refractivity contribution in [3.05, 3.63) is 60.2 Å². The predicted octanol–water partition coefficient (Wildman–Crippen LogP) is 2.29. The van der Waals surface area contributed by atoms with Crippen molar-refractivity contribution in [2.24, 2.45) is 0 Å². The van der Waals surface area contributed by atoms with E-state index in [9.17, 15) is 9.59 Å². The molecular weight excluding hydrogens is 322 g/mol. The summed E-state index contributed by atoms with van der Waals surface area (Å²) in [6, 6.07) is 11.9. The average Bonchev–Trinajstić information content (AvgIpc) is 2.99. The topological polar surface area (TPSA) is 72.9 Å². The number of carbonyl (C=O) groups is 3. The van der Waals surface area contributed by atoms with Crippen LogP contribution in [0.3, 0.4) is 0 Å². The lowest BCUT2D eigenvalue weighted by Crippen LogP contribution is -2.43. The number of imide groups is 1. The Labute approximate surface area is 143 Å². The zero-order valence-corrected chi connectivity index (χ0v) is 13.4. The summed E-state index contributed by atoms with van der Waals surface area (Å²) in [7, 11) is 1.31. The molecule has 0 spiro atoms. The summed E-state index contributed by atoms with van der Waals surface area (Å²) in [5.41, 5.74) is 0.942. The lowest BCUT2D eigenvalue weighted by Gasteiger charge is -2.28. The van der Waals surface area contributed by atoms with Gasteiger partial charge in [0, 0.05) is 23.1 Å². The van der Waals surface area contributed by atoms with Crippen molar-refractivity contribution in [3.8, 4) is 5.75 Å². The van der Waals surface area contributed by atoms with Crippen LogP contribution in [0.2, 0.25) is 0 Å². The molecule has 0 radical (unpaired) electrons. The van der Waals surface area contributed by atoms with E-state index in [4.69, 9.17) is 9.53 Å². The van der Waals surface area contributed by atoms with E-state index < -0.39 is 6.23 Å². The number of nitrogens with zero attached hydrogens (tertiary/aromatic N) is 1. The van der Waals surface area contributed by atoms with Gasteiger partial charge in [-0.15, -0.1) is 0 Å². The van der Waals surface area contributed by atoms with Gasteiger partial charge in [0.25, 0.3) is 18.3 Å². The monoisotopic (exact) mass is 337 g/mol. The first-order chi connectivity index (χ1) is 12.2. The molecule has 1 unspecified atom stereocenters. The molecule has 6 heteroatoms. The van der Waals surface area contributed by atoms with Crippen molar-refractivity contribution in [3.63, 3.8) is 0 Å². The Morgan fingerprint density at radius 1 is 1.04 bits per heavy atom. The summed E-state index contributed by atoms with van der Waals surface area (Å²) in [5, 5.41) is 2.03. The number of fused-ring (bicyclic) bond motifs is 3. The van der Waals surface area contributed by atoms with Crippen molar-refractivity contribution >= 4 is 35.1 Å². The summed E-state index contributed by atoms with van der Waals surface area (Å²) in [6.45, 7) is 0.375. The van der Waals surface area contributed by atoms with Gasteiger partial charge in [0.05, 0.1) is 7.11 Å². The van der Waals surface area contributed by atoms with Gasteiger partial charge in [0.2, 0.25) is 6.23 Å². The first-order valence-corrected chi connectivity index (χ1v) is 7.54. The minimum Gasteiger partial charge on any atom is -0.471 e. The molecule has 0 N–H and O–H groups in total. The second-order valence-electron chi connectivity index (χ2n) is 5.28. The number of hydrogen-bond acceptors (Lipinski definition) is 5. The van der Waals surface area contributed by atoms with Gasteiger partial charge in [-0.05, 0) is 17.5 Å². The molecule has 6 nitrogen and oxygen atoms in total. The molecule has 2 amide bonds. The van der Waals surface area contributed by atoms with Crippen LogP contribution in [0.4, 0.5) is 0 Å². The van der Waals surface area contributed by atoms with E-state index in [1.54, 1.807) is 6.08 Å². The fourth-order valence-corrected chi connectivity index (χ4v) is 2.67. The quantitative estimate of drug-likeness (QED) is 0.621. The summed E-state index contributed by atoms with van der Waals surface area (Å²) in [4.78, 5) is 33.6. The highest BCUT2D eigenvalue weighted by molar-refractivity contribution is 6.13. The molecule has 0 saturated heterocycles. The van der Waals surface area contributed by atoms with E-state index in [1.165, 1.54) is 19.3 Å². The summed E-state index contributed by atoms with van der Waals surface area (Å²) >= 11 is 0. The van der Waals surface area contributed by atoms with Crippen molar-refractivity contribution in [2.75, 3.05) is 7.11 Å². The van der Waals surface area contributed by atoms with Crippen molar-refractivity contribution in [2.45, 2.75) is 6.23 Å². The molecule has 1 atom stereocenters. The van der Waals surface area contributed by atoms with E-state index in [0.717, 1.165) is 21.2 Å². The fourth-order valence-electron chi connectivity index (χ4n) is 2.67. The second kappa shape index (κ2) is 7.00. The Kier molecular flexibility index (Phi) is 4.61. The number of carbonyl (C=O) groups excluding carboxylic acids is 3. The van der Waals surface area contributed by atoms with Crippen LogP contribution in [-0.2, 0) is 19.1 Å². The van der Waals surface area contributed by atoms with E-state index in [2.05, 4.69) is 4.74 Å². The maximum absolute atomic E-state index is 11.8. The number of rotatable bonds is 2. The molecule has 2 aliphatic heterocycles. The Morgan fingerprint density at radius 2 is 1.72 bits per heavy atom. The molecule has 4 rings (SSSR count). The molecule has 2 aromatic carbocycles. The highest BCUT2D eigenvalue weighted by Crippen LogP contribution is 2.35. The summed E-state index contributed by atoms with van der Waals surface area (Å²) in [6.07, 6.45) is 5.43. The minimum atomic E-state index is -0.696. The molecule has 0 fully saturated rings. The number of ether oxygens (including phenoxy) is 2. The highest BCUT2D eigenvalue weighted by Gasteiger charge is 2.33.